The number of benzene rings is 5. The SMILES string of the molecule is Cc1ccc(S(=O)(=O)N(CC(=O)N/N=C/c2ccc(OCc3ccc4ccccc4c3)cc2)c2ccc(Br)cc2)cc1. The Morgan fingerprint density at radius 2 is 1.57 bits per heavy atom. The molecule has 0 aliphatic heterocycles. The third-order valence-electron chi connectivity index (χ3n) is 6.51. The second kappa shape index (κ2) is 13.0. The molecule has 0 spiro atoms. The highest BCUT2D eigenvalue weighted by molar-refractivity contribution is 9.10. The Labute approximate surface area is 253 Å². The average molecular weight is 643 g/mol. The summed E-state index contributed by atoms with van der Waals surface area (Å²) in [6.45, 7) is 1.87. The number of sulfonamides is 1. The highest BCUT2D eigenvalue weighted by atomic mass is 79.9. The molecular formula is C33H28BrN3O4S. The van der Waals surface area contributed by atoms with Crippen molar-refractivity contribution in [2.45, 2.75) is 18.4 Å². The molecule has 0 aliphatic rings. The van der Waals surface area contributed by atoms with Gasteiger partial charge in [0.25, 0.3) is 15.9 Å². The number of carbonyl (C=O) groups excluding carboxylic acids is 1. The highest BCUT2D eigenvalue weighted by Gasteiger charge is 2.27. The standard InChI is InChI=1S/C33H28BrN3O4S/c1-24-6-18-32(19-7-24)42(39,40)37(30-14-12-29(34)13-15-30)22-33(38)36-35-21-25-9-16-31(17-10-25)41-23-26-8-11-27-4-2-3-5-28(27)20-26/h2-21H,22-23H2,1H3,(H,36,38)/b35-21+. The Kier molecular flexibility index (Phi) is 9.00. The fraction of sp³-hybridized carbons (Fsp3) is 0.0909. The minimum atomic E-state index is -4.01. The summed E-state index contributed by atoms with van der Waals surface area (Å²) < 4.78 is 34.7. The van der Waals surface area contributed by atoms with Gasteiger partial charge in [-0.05, 0) is 95.6 Å². The van der Waals surface area contributed by atoms with Crippen LogP contribution >= 0.6 is 15.9 Å². The Hall–Kier alpha value is -4.47. The largest absolute Gasteiger partial charge is 0.489 e. The summed E-state index contributed by atoms with van der Waals surface area (Å²) in [5, 5.41) is 6.38. The van der Waals surface area contributed by atoms with Gasteiger partial charge in [-0.15, -0.1) is 0 Å². The van der Waals surface area contributed by atoms with Crippen molar-refractivity contribution < 1.29 is 17.9 Å². The lowest BCUT2D eigenvalue weighted by atomic mass is 10.1. The number of rotatable bonds is 10. The lowest BCUT2D eigenvalue weighted by Crippen LogP contribution is -2.39. The third kappa shape index (κ3) is 7.23. The molecule has 0 aromatic heterocycles. The number of nitrogens with zero attached hydrogens (tertiary/aromatic N) is 2. The maximum atomic E-state index is 13.5. The van der Waals surface area contributed by atoms with Crippen molar-refractivity contribution in [3.8, 4) is 5.75 Å². The number of hydrogen-bond donors (Lipinski definition) is 1. The second-order valence-corrected chi connectivity index (χ2v) is 12.4. The van der Waals surface area contributed by atoms with Gasteiger partial charge in [0, 0.05) is 4.47 Å². The number of ether oxygens (including phenoxy) is 1. The van der Waals surface area contributed by atoms with Crippen LogP contribution in [0.25, 0.3) is 10.8 Å². The van der Waals surface area contributed by atoms with E-state index in [1.54, 1.807) is 36.4 Å². The molecular weight excluding hydrogens is 614 g/mol. The lowest BCUT2D eigenvalue weighted by molar-refractivity contribution is -0.119. The van der Waals surface area contributed by atoms with Gasteiger partial charge in [-0.25, -0.2) is 13.8 Å². The Bertz CT molecular complexity index is 1820. The number of amides is 1. The van der Waals surface area contributed by atoms with Crippen LogP contribution in [0.15, 0.2) is 130 Å². The maximum absolute atomic E-state index is 13.5. The molecule has 0 aliphatic carbocycles. The first-order valence-electron chi connectivity index (χ1n) is 13.2. The second-order valence-electron chi connectivity index (χ2n) is 9.63. The number of hydrazone groups is 1. The van der Waals surface area contributed by atoms with Crippen molar-refractivity contribution in [3.05, 3.63) is 136 Å². The van der Waals surface area contributed by atoms with Gasteiger partial charge in [0.2, 0.25) is 0 Å². The summed E-state index contributed by atoms with van der Waals surface area (Å²) in [4.78, 5) is 12.9. The van der Waals surface area contributed by atoms with Gasteiger partial charge in [-0.1, -0.05) is 70.0 Å². The van der Waals surface area contributed by atoms with Crippen molar-refractivity contribution >= 4 is 54.5 Å². The molecule has 212 valence electrons. The van der Waals surface area contributed by atoms with E-state index < -0.39 is 22.5 Å². The van der Waals surface area contributed by atoms with E-state index in [9.17, 15) is 13.2 Å². The predicted octanol–water partition coefficient (Wildman–Crippen LogP) is 6.84. The molecule has 42 heavy (non-hydrogen) atoms. The van der Waals surface area contributed by atoms with Crippen LogP contribution in [-0.4, -0.2) is 27.1 Å². The average Bonchev–Trinajstić information content (AvgIpc) is 3.00. The van der Waals surface area contributed by atoms with Crippen LogP contribution < -0.4 is 14.5 Å². The van der Waals surface area contributed by atoms with Crippen molar-refractivity contribution in [2.24, 2.45) is 5.10 Å². The third-order valence-corrected chi connectivity index (χ3v) is 8.83. The summed E-state index contributed by atoms with van der Waals surface area (Å²) >= 11 is 3.36. The number of aryl methyl sites for hydroxylation is 1. The summed E-state index contributed by atoms with van der Waals surface area (Å²) in [6.07, 6.45) is 1.49. The van der Waals surface area contributed by atoms with Crippen LogP contribution in [0, 0.1) is 6.92 Å². The lowest BCUT2D eigenvalue weighted by Gasteiger charge is -2.23. The van der Waals surface area contributed by atoms with E-state index in [0.717, 1.165) is 25.5 Å². The normalized spacial score (nSPS) is 11.5. The monoisotopic (exact) mass is 641 g/mol. The van der Waals surface area contributed by atoms with Gasteiger partial charge < -0.3 is 4.74 Å². The zero-order valence-corrected chi connectivity index (χ0v) is 25.2. The predicted molar refractivity (Wildman–Crippen MR) is 170 cm³/mol. The van der Waals surface area contributed by atoms with Crippen LogP contribution in [0.5, 0.6) is 5.75 Å². The molecule has 0 bridgehead atoms. The maximum Gasteiger partial charge on any atom is 0.264 e. The van der Waals surface area contributed by atoms with Crippen molar-refractivity contribution in [1.29, 1.82) is 0 Å². The smallest absolute Gasteiger partial charge is 0.264 e. The van der Waals surface area contributed by atoms with E-state index in [1.165, 1.54) is 29.1 Å². The van der Waals surface area contributed by atoms with Crippen molar-refractivity contribution in [3.63, 3.8) is 0 Å². The molecule has 1 amide bonds. The molecule has 0 saturated heterocycles. The van der Waals surface area contributed by atoms with Crippen molar-refractivity contribution in [1.82, 2.24) is 5.43 Å². The number of hydrogen-bond acceptors (Lipinski definition) is 5. The number of fused-ring (bicyclic) bond motifs is 1. The first-order chi connectivity index (χ1) is 20.3. The van der Waals surface area contributed by atoms with Gasteiger partial charge in [0.1, 0.15) is 18.9 Å². The number of carbonyl (C=O) groups is 1. The van der Waals surface area contributed by atoms with E-state index in [0.29, 0.717) is 18.0 Å². The number of nitrogens with one attached hydrogen (secondary N) is 1. The Balaban J connectivity index is 1.21. The van der Waals surface area contributed by atoms with E-state index in [1.807, 2.05) is 43.3 Å². The van der Waals surface area contributed by atoms with Gasteiger partial charge >= 0.3 is 0 Å². The molecule has 9 heteroatoms. The summed E-state index contributed by atoms with van der Waals surface area (Å²) in [5.41, 5.74) is 5.54. The molecule has 5 rings (SSSR count). The van der Waals surface area contributed by atoms with E-state index >= 15 is 0 Å². The molecule has 5 aromatic carbocycles. The van der Waals surface area contributed by atoms with E-state index in [4.69, 9.17) is 4.74 Å². The van der Waals surface area contributed by atoms with Crippen LogP contribution in [-0.2, 0) is 21.4 Å². The zero-order chi connectivity index (χ0) is 29.5. The van der Waals surface area contributed by atoms with Crippen LogP contribution in [0.1, 0.15) is 16.7 Å². The van der Waals surface area contributed by atoms with Gasteiger partial charge in [0.15, 0.2) is 0 Å². The highest BCUT2D eigenvalue weighted by Crippen LogP contribution is 2.25. The topological polar surface area (TPSA) is 88.1 Å². The van der Waals surface area contributed by atoms with Crippen molar-refractivity contribution in [2.75, 3.05) is 10.8 Å². The molecule has 0 saturated carbocycles. The molecule has 0 radical (unpaired) electrons. The van der Waals surface area contributed by atoms with Crippen LogP contribution in [0.3, 0.4) is 0 Å². The fourth-order valence-corrected chi connectivity index (χ4v) is 5.94. The number of halogens is 1. The molecule has 0 fully saturated rings. The van der Waals surface area contributed by atoms with Crippen LogP contribution in [0.4, 0.5) is 5.69 Å². The molecule has 0 atom stereocenters. The molecule has 0 unspecified atom stereocenters. The summed E-state index contributed by atoms with van der Waals surface area (Å²) in [6, 6.07) is 34.9. The first-order valence-corrected chi connectivity index (χ1v) is 15.4. The number of anilines is 1. The van der Waals surface area contributed by atoms with Gasteiger partial charge in [-0.2, -0.15) is 5.10 Å². The van der Waals surface area contributed by atoms with Gasteiger partial charge in [0.05, 0.1) is 16.8 Å². The Morgan fingerprint density at radius 1 is 0.881 bits per heavy atom. The zero-order valence-electron chi connectivity index (χ0n) is 22.8. The minimum Gasteiger partial charge on any atom is -0.489 e. The molecule has 5 aromatic rings. The van der Waals surface area contributed by atoms with Gasteiger partial charge in [-0.3, -0.25) is 9.10 Å². The first kappa shape index (κ1) is 29.0. The summed E-state index contributed by atoms with van der Waals surface area (Å²) in [7, 11) is -4.01. The van der Waals surface area contributed by atoms with E-state index in [2.05, 4.69) is 56.8 Å². The Morgan fingerprint density at radius 3 is 2.29 bits per heavy atom. The van der Waals surface area contributed by atoms with E-state index in [-0.39, 0.29) is 4.90 Å². The van der Waals surface area contributed by atoms with Crippen LogP contribution in [0.2, 0.25) is 0 Å². The molecule has 1 N–H and O–H groups in total. The minimum absolute atomic E-state index is 0.0928. The summed E-state index contributed by atoms with van der Waals surface area (Å²) in [5.74, 6) is 0.121. The molecule has 0 heterocycles. The fourth-order valence-electron chi connectivity index (χ4n) is 4.25. The quantitative estimate of drug-likeness (QED) is 0.134. The molecule has 7 nitrogen and oxygen atoms in total.